The number of ether oxygens (including phenoxy) is 2. The maximum atomic E-state index is 14.1. The minimum atomic E-state index is -0.385. The summed E-state index contributed by atoms with van der Waals surface area (Å²) in [4.78, 5) is 35.0. The normalized spacial score (nSPS) is 15.9. The smallest absolute Gasteiger partial charge is 0.281 e. The van der Waals surface area contributed by atoms with Gasteiger partial charge in [0.05, 0.1) is 6.54 Å². The molecule has 1 fully saturated rings. The summed E-state index contributed by atoms with van der Waals surface area (Å²) in [6.45, 7) is 2.11. The Morgan fingerprint density at radius 2 is 1.86 bits per heavy atom. The molecule has 2 aliphatic heterocycles. The second kappa shape index (κ2) is 9.06. The number of benzene rings is 2. The van der Waals surface area contributed by atoms with Gasteiger partial charge in [0.15, 0.2) is 22.7 Å². The van der Waals surface area contributed by atoms with Crippen LogP contribution < -0.4 is 15.0 Å². The van der Waals surface area contributed by atoms with Crippen LogP contribution in [0.25, 0.3) is 11.2 Å². The first-order chi connectivity index (χ1) is 17.6. The van der Waals surface area contributed by atoms with E-state index in [1.807, 2.05) is 0 Å². The number of nitrogens with one attached hydrogen (secondary N) is 1. The first-order valence-corrected chi connectivity index (χ1v) is 11.8. The number of halogens is 1. The summed E-state index contributed by atoms with van der Waals surface area (Å²) in [6.07, 6.45) is 1.28. The van der Waals surface area contributed by atoms with Gasteiger partial charge in [-0.15, -0.1) is 5.10 Å². The summed E-state index contributed by atoms with van der Waals surface area (Å²) < 4.78 is 26.7. The molecule has 2 aromatic heterocycles. The third-order valence-corrected chi connectivity index (χ3v) is 6.63. The Bertz CT molecular complexity index is 1510. The number of likely N-dealkylation sites (tertiary alicyclic amines) is 1. The number of amides is 1. The number of carbonyl (C=O) groups is 1. The molecule has 184 valence electrons. The Kier molecular flexibility index (Phi) is 5.59. The van der Waals surface area contributed by atoms with Crippen LogP contribution in [0, 0.1) is 5.82 Å². The summed E-state index contributed by atoms with van der Waals surface area (Å²) in [7, 11) is 0. The molecule has 0 aliphatic carbocycles. The van der Waals surface area contributed by atoms with Crippen LogP contribution >= 0.6 is 0 Å². The van der Waals surface area contributed by atoms with E-state index in [1.165, 1.54) is 10.7 Å². The van der Waals surface area contributed by atoms with Crippen LogP contribution in [0.4, 0.5) is 4.39 Å². The second-order valence-corrected chi connectivity index (χ2v) is 8.89. The highest BCUT2D eigenvalue weighted by molar-refractivity contribution is 5.95. The van der Waals surface area contributed by atoms with Gasteiger partial charge < -0.3 is 19.4 Å². The topological polar surface area (TPSA) is 115 Å². The Labute approximate surface area is 204 Å². The van der Waals surface area contributed by atoms with Crippen molar-refractivity contribution in [2.45, 2.75) is 25.3 Å². The minimum absolute atomic E-state index is 0.0387. The molecule has 11 heteroatoms. The highest BCUT2D eigenvalue weighted by Gasteiger charge is 2.28. The van der Waals surface area contributed by atoms with Crippen LogP contribution in [0.1, 0.15) is 40.5 Å². The third-order valence-electron chi connectivity index (χ3n) is 6.63. The summed E-state index contributed by atoms with van der Waals surface area (Å²) in [5.41, 5.74) is 1.02. The van der Waals surface area contributed by atoms with Gasteiger partial charge in [-0.2, -0.15) is 0 Å². The molecule has 0 spiro atoms. The number of carbonyl (C=O) groups excluding carboxylic acids is 1. The Hall–Kier alpha value is -4.28. The zero-order chi connectivity index (χ0) is 24.6. The van der Waals surface area contributed by atoms with Crippen molar-refractivity contribution in [3.63, 3.8) is 0 Å². The molecule has 1 saturated heterocycles. The molecule has 0 saturated carbocycles. The molecule has 2 aliphatic rings. The summed E-state index contributed by atoms with van der Waals surface area (Å²) in [6, 6.07) is 11.6. The monoisotopic (exact) mass is 490 g/mol. The highest BCUT2D eigenvalue weighted by Crippen LogP contribution is 2.32. The molecule has 1 amide bonds. The Morgan fingerprint density at radius 3 is 2.67 bits per heavy atom. The van der Waals surface area contributed by atoms with Gasteiger partial charge in [-0.1, -0.05) is 23.4 Å². The first-order valence-electron chi connectivity index (χ1n) is 11.8. The van der Waals surface area contributed by atoms with Crippen molar-refractivity contribution >= 4 is 17.1 Å². The van der Waals surface area contributed by atoms with E-state index in [2.05, 4.69) is 20.3 Å². The van der Waals surface area contributed by atoms with Crippen LogP contribution in [0.15, 0.2) is 47.3 Å². The van der Waals surface area contributed by atoms with Crippen molar-refractivity contribution in [3.8, 4) is 11.5 Å². The average molecular weight is 490 g/mol. The van der Waals surface area contributed by atoms with Gasteiger partial charge in [-0.05, 0) is 37.1 Å². The summed E-state index contributed by atoms with van der Waals surface area (Å²) >= 11 is 0. The van der Waals surface area contributed by atoms with E-state index in [0.717, 1.165) is 0 Å². The lowest BCUT2D eigenvalue weighted by Gasteiger charge is -2.31. The van der Waals surface area contributed by atoms with E-state index in [-0.39, 0.29) is 35.3 Å². The maximum absolute atomic E-state index is 14.1. The molecule has 36 heavy (non-hydrogen) atoms. The van der Waals surface area contributed by atoms with Crippen molar-refractivity contribution < 1.29 is 18.7 Å². The molecule has 4 aromatic rings. The van der Waals surface area contributed by atoms with Crippen molar-refractivity contribution in [3.05, 3.63) is 75.6 Å². The predicted octanol–water partition coefficient (Wildman–Crippen LogP) is 2.49. The maximum Gasteiger partial charge on any atom is 0.281 e. The van der Waals surface area contributed by atoms with Crippen LogP contribution in [0.5, 0.6) is 11.5 Å². The standard InChI is InChI=1S/C25H23FN6O4/c26-18-4-2-1-3-17(18)14-32-23-21(29-30-32)24(33)28-22(27-23)15-7-9-31(10-8-15)25(34)16-5-6-19-20(13-16)36-12-11-35-19/h1-6,13,15H,7-12,14H2,(H,27,28,33). The number of H-pyrrole nitrogens is 1. The van der Waals surface area contributed by atoms with Gasteiger partial charge in [-0.3, -0.25) is 9.59 Å². The highest BCUT2D eigenvalue weighted by atomic mass is 19.1. The van der Waals surface area contributed by atoms with Gasteiger partial charge in [0, 0.05) is 30.1 Å². The number of aromatic nitrogens is 5. The zero-order valence-corrected chi connectivity index (χ0v) is 19.3. The van der Waals surface area contributed by atoms with Crippen molar-refractivity contribution in [2.24, 2.45) is 0 Å². The van der Waals surface area contributed by atoms with Gasteiger partial charge in [-0.25, -0.2) is 14.1 Å². The number of aromatic amines is 1. The molecule has 0 radical (unpaired) electrons. The number of rotatable bonds is 4. The van der Waals surface area contributed by atoms with Crippen LogP contribution in [-0.4, -0.2) is 62.1 Å². The Morgan fingerprint density at radius 1 is 1.08 bits per heavy atom. The minimum Gasteiger partial charge on any atom is -0.486 e. The van der Waals surface area contributed by atoms with E-state index in [1.54, 1.807) is 41.3 Å². The first kappa shape index (κ1) is 22.2. The lowest BCUT2D eigenvalue weighted by molar-refractivity contribution is 0.0710. The predicted molar refractivity (Wildman–Crippen MR) is 127 cm³/mol. The SMILES string of the molecule is O=C(c1ccc2c(c1)OCCO2)N1CCC(c2nc3c(nnn3Cc3ccccc3F)c(=O)[nH]2)CC1. The van der Waals surface area contributed by atoms with Crippen molar-refractivity contribution in [1.82, 2.24) is 29.9 Å². The summed E-state index contributed by atoms with van der Waals surface area (Å²) in [5, 5.41) is 7.97. The number of fused-ring (bicyclic) bond motifs is 2. The van der Waals surface area contributed by atoms with E-state index in [9.17, 15) is 14.0 Å². The molecular formula is C25H23FN6O4. The molecule has 6 rings (SSSR count). The quantitative estimate of drug-likeness (QED) is 0.467. The van der Waals surface area contributed by atoms with E-state index in [4.69, 9.17) is 9.47 Å². The number of nitrogens with zero attached hydrogens (tertiary/aromatic N) is 5. The fourth-order valence-electron chi connectivity index (χ4n) is 4.69. The van der Waals surface area contributed by atoms with Gasteiger partial charge in [0.1, 0.15) is 24.9 Å². The number of hydrogen-bond donors (Lipinski definition) is 1. The Balaban J connectivity index is 1.19. The molecule has 10 nitrogen and oxygen atoms in total. The number of hydrogen-bond acceptors (Lipinski definition) is 7. The zero-order valence-electron chi connectivity index (χ0n) is 19.3. The fraction of sp³-hybridized carbons (Fsp3) is 0.320. The summed E-state index contributed by atoms with van der Waals surface area (Å²) in [5.74, 6) is 1.28. The fourth-order valence-corrected chi connectivity index (χ4v) is 4.69. The average Bonchev–Trinajstić information content (AvgIpc) is 3.32. The van der Waals surface area contributed by atoms with E-state index >= 15 is 0 Å². The van der Waals surface area contributed by atoms with Crippen LogP contribution in [-0.2, 0) is 6.54 Å². The third kappa shape index (κ3) is 4.06. The molecule has 1 N–H and O–H groups in total. The molecule has 4 heterocycles. The molecule has 0 bridgehead atoms. The van der Waals surface area contributed by atoms with Gasteiger partial charge >= 0.3 is 0 Å². The van der Waals surface area contributed by atoms with Gasteiger partial charge in [0.2, 0.25) is 0 Å². The van der Waals surface area contributed by atoms with E-state index < -0.39 is 0 Å². The largest absolute Gasteiger partial charge is 0.486 e. The second-order valence-electron chi connectivity index (χ2n) is 8.89. The lowest BCUT2D eigenvalue weighted by atomic mass is 9.95. The molecule has 2 aromatic carbocycles. The van der Waals surface area contributed by atoms with E-state index in [0.29, 0.717) is 73.2 Å². The molecular weight excluding hydrogens is 467 g/mol. The van der Waals surface area contributed by atoms with Crippen LogP contribution in [0.3, 0.4) is 0 Å². The van der Waals surface area contributed by atoms with Crippen LogP contribution in [0.2, 0.25) is 0 Å². The molecule has 0 atom stereocenters. The lowest BCUT2D eigenvalue weighted by Crippen LogP contribution is -2.38. The van der Waals surface area contributed by atoms with Crippen molar-refractivity contribution in [1.29, 1.82) is 0 Å². The van der Waals surface area contributed by atoms with Crippen molar-refractivity contribution in [2.75, 3.05) is 26.3 Å². The number of piperidine rings is 1. The molecule has 0 unspecified atom stereocenters. The van der Waals surface area contributed by atoms with Gasteiger partial charge in [0.25, 0.3) is 11.5 Å².